The first kappa shape index (κ1) is 14.3. The number of para-hydroxylation sites is 1. The van der Waals surface area contributed by atoms with Crippen molar-refractivity contribution in [1.29, 1.82) is 0 Å². The van der Waals surface area contributed by atoms with Crippen LogP contribution in [0.1, 0.15) is 24.1 Å². The summed E-state index contributed by atoms with van der Waals surface area (Å²) in [4.78, 5) is 0. The van der Waals surface area contributed by atoms with Gasteiger partial charge in [0.05, 0.1) is 7.11 Å². The minimum atomic E-state index is -0.350. The molecule has 0 fully saturated rings. The van der Waals surface area contributed by atoms with Gasteiger partial charge in [-0.2, -0.15) is 0 Å². The quantitative estimate of drug-likeness (QED) is 0.909. The highest BCUT2D eigenvalue weighted by molar-refractivity contribution is 5.34. The van der Waals surface area contributed by atoms with Crippen LogP contribution in [-0.4, -0.2) is 7.11 Å². The second-order valence-corrected chi connectivity index (χ2v) is 4.57. The Kier molecular flexibility index (Phi) is 4.58. The summed E-state index contributed by atoms with van der Waals surface area (Å²) >= 11 is 0. The average Bonchev–Trinajstić information content (AvgIpc) is 2.45. The Hall–Kier alpha value is -2.07. The average molecular weight is 275 g/mol. The van der Waals surface area contributed by atoms with Gasteiger partial charge in [-0.25, -0.2) is 4.39 Å². The van der Waals surface area contributed by atoms with Crippen molar-refractivity contribution in [1.82, 2.24) is 0 Å². The molecule has 2 aromatic rings. The molecule has 0 saturated heterocycles. The lowest BCUT2D eigenvalue weighted by Gasteiger charge is -2.12. The first-order chi connectivity index (χ1) is 9.61. The molecule has 0 aliphatic rings. The van der Waals surface area contributed by atoms with Crippen LogP contribution in [0.4, 0.5) is 4.39 Å². The molecule has 0 amide bonds. The molecular weight excluding hydrogens is 257 g/mol. The van der Waals surface area contributed by atoms with E-state index in [1.54, 1.807) is 26.2 Å². The van der Waals surface area contributed by atoms with Crippen LogP contribution >= 0.6 is 0 Å². The highest BCUT2D eigenvalue weighted by Gasteiger charge is 2.09. The molecule has 2 rings (SSSR count). The number of hydrogen-bond acceptors (Lipinski definition) is 3. The largest absolute Gasteiger partial charge is 0.496 e. The van der Waals surface area contributed by atoms with E-state index in [2.05, 4.69) is 0 Å². The van der Waals surface area contributed by atoms with Gasteiger partial charge in [0.2, 0.25) is 0 Å². The van der Waals surface area contributed by atoms with Gasteiger partial charge in [0.15, 0.2) is 0 Å². The summed E-state index contributed by atoms with van der Waals surface area (Å²) in [6, 6.07) is 12.0. The Balaban J connectivity index is 2.09. The lowest BCUT2D eigenvalue weighted by atomic mass is 10.1. The number of halogens is 1. The van der Waals surface area contributed by atoms with Gasteiger partial charge in [-0.15, -0.1) is 0 Å². The van der Waals surface area contributed by atoms with Crippen molar-refractivity contribution in [2.45, 2.75) is 19.6 Å². The smallest absolute Gasteiger partial charge is 0.131 e. The maximum atomic E-state index is 13.8. The predicted octanol–water partition coefficient (Wildman–Crippen LogP) is 3.43. The number of rotatable bonds is 5. The zero-order valence-corrected chi connectivity index (χ0v) is 11.6. The third-order valence-corrected chi connectivity index (χ3v) is 3.05. The number of benzene rings is 2. The van der Waals surface area contributed by atoms with E-state index < -0.39 is 0 Å². The number of methoxy groups -OCH3 is 1. The predicted molar refractivity (Wildman–Crippen MR) is 76.3 cm³/mol. The second-order valence-electron chi connectivity index (χ2n) is 4.57. The Bertz CT molecular complexity index is 584. The van der Waals surface area contributed by atoms with Gasteiger partial charge >= 0.3 is 0 Å². The molecular formula is C16H18FNO2. The van der Waals surface area contributed by atoms with E-state index in [0.717, 1.165) is 11.3 Å². The first-order valence-electron chi connectivity index (χ1n) is 6.41. The van der Waals surface area contributed by atoms with E-state index >= 15 is 0 Å². The SMILES string of the molecule is COc1ccccc1COc1ccc([C@@H](C)N)c(F)c1. The van der Waals surface area contributed by atoms with Crippen molar-refractivity contribution >= 4 is 0 Å². The van der Waals surface area contributed by atoms with Crippen LogP contribution in [0.2, 0.25) is 0 Å². The van der Waals surface area contributed by atoms with Crippen molar-refractivity contribution < 1.29 is 13.9 Å². The van der Waals surface area contributed by atoms with E-state index in [-0.39, 0.29) is 11.9 Å². The minimum absolute atomic E-state index is 0.320. The van der Waals surface area contributed by atoms with Gasteiger partial charge in [-0.1, -0.05) is 24.3 Å². The van der Waals surface area contributed by atoms with Gasteiger partial charge in [0.1, 0.15) is 23.9 Å². The standard InChI is InChI=1S/C16H18FNO2/c1-11(18)14-8-7-13(9-15(14)17)20-10-12-5-3-4-6-16(12)19-2/h3-9,11H,10,18H2,1-2H3/t11-/m1/s1. The molecule has 2 N–H and O–H groups in total. The Labute approximate surface area is 118 Å². The monoisotopic (exact) mass is 275 g/mol. The molecule has 0 saturated carbocycles. The van der Waals surface area contributed by atoms with Gasteiger partial charge in [-0.3, -0.25) is 0 Å². The normalized spacial score (nSPS) is 12.0. The third-order valence-electron chi connectivity index (χ3n) is 3.05. The van der Waals surface area contributed by atoms with Crippen LogP contribution in [0, 0.1) is 5.82 Å². The van der Waals surface area contributed by atoms with E-state index in [1.165, 1.54) is 6.07 Å². The van der Waals surface area contributed by atoms with Crippen LogP contribution in [-0.2, 0) is 6.61 Å². The topological polar surface area (TPSA) is 44.5 Å². The molecule has 2 aromatic carbocycles. The Morgan fingerprint density at radius 3 is 2.60 bits per heavy atom. The fraction of sp³-hybridized carbons (Fsp3) is 0.250. The Morgan fingerprint density at radius 2 is 1.95 bits per heavy atom. The van der Waals surface area contributed by atoms with Crippen molar-refractivity contribution in [2.75, 3.05) is 7.11 Å². The molecule has 0 aromatic heterocycles. The van der Waals surface area contributed by atoms with E-state index in [1.807, 2.05) is 24.3 Å². The van der Waals surface area contributed by atoms with Gasteiger partial charge in [-0.05, 0) is 19.1 Å². The molecule has 0 spiro atoms. The van der Waals surface area contributed by atoms with Crippen LogP contribution in [0.5, 0.6) is 11.5 Å². The summed E-state index contributed by atoms with van der Waals surface area (Å²) in [6.45, 7) is 2.06. The fourth-order valence-electron chi connectivity index (χ4n) is 1.95. The van der Waals surface area contributed by atoms with E-state index in [9.17, 15) is 4.39 Å². The molecule has 3 nitrogen and oxygen atoms in total. The maximum absolute atomic E-state index is 13.8. The Morgan fingerprint density at radius 1 is 1.20 bits per heavy atom. The van der Waals surface area contributed by atoms with Crippen molar-refractivity contribution in [3.63, 3.8) is 0 Å². The first-order valence-corrected chi connectivity index (χ1v) is 6.41. The second kappa shape index (κ2) is 6.39. The molecule has 106 valence electrons. The van der Waals surface area contributed by atoms with Crippen molar-refractivity contribution in [3.05, 3.63) is 59.4 Å². The zero-order chi connectivity index (χ0) is 14.5. The van der Waals surface area contributed by atoms with Gasteiger partial charge < -0.3 is 15.2 Å². The number of hydrogen-bond donors (Lipinski definition) is 1. The van der Waals surface area contributed by atoms with Crippen LogP contribution < -0.4 is 15.2 Å². The van der Waals surface area contributed by atoms with Gasteiger partial charge in [0.25, 0.3) is 0 Å². The summed E-state index contributed by atoms with van der Waals surface area (Å²) in [5, 5.41) is 0. The molecule has 1 atom stereocenters. The molecule has 0 radical (unpaired) electrons. The summed E-state index contributed by atoms with van der Waals surface area (Å²) in [7, 11) is 1.61. The molecule has 0 bridgehead atoms. The molecule has 0 unspecified atom stereocenters. The molecule has 0 aliphatic heterocycles. The molecule has 0 aliphatic carbocycles. The number of ether oxygens (including phenoxy) is 2. The summed E-state index contributed by atoms with van der Waals surface area (Å²) in [5.41, 5.74) is 7.06. The van der Waals surface area contributed by atoms with Crippen LogP contribution in [0.15, 0.2) is 42.5 Å². The highest BCUT2D eigenvalue weighted by Crippen LogP contribution is 2.23. The summed E-state index contributed by atoms with van der Waals surface area (Å²) in [6.07, 6.45) is 0. The third kappa shape index (κ3) is 3.27. The zero-order valence-electron chi connectivity index (χ0n) is 11.6. The van der Waals surface area contributed by atoms with Crippen molar-refractivity contribution in [3.8, 4) is 11.5 Å². The summed E-state index contributed by atoms with van der Waals surface area (Å²) < 4.78 is 24.6. The highest BCUT2D eigenvalue weighted by atomic mass is 19.1. The van der Waals surface area contributed by atoms with E-state index in [0.29, 0.717) is 17.9 Å². The van der Waals surface area contributed by atoms with Gasteiger partial charge in [0, 0.05) is 23.2 Å². The molecule has 20 heavy (non-hydrogen) atoms. The lowest BCUT2D eigenvalue weighted by molar-refractivity contribution is 0.295. The molecule has 4 heteroatoms. The summed E-state index contributed by atoms with van der Waals surface area (Å²) in [5.74, 6) is 0.871. The van der Waals surface area contributed by atoms with Crippen LogP contribution in [0.25, 0.3) is 0 Å². The lowest BCUT2D eigenvalue weighted by Crippen LogP contribution is -2.07. The fourth-order valence-corrected chi connectivity index (χ4v) is 1.95. The minimum Gasteiger partial charge on any atom is -0.496 e. The number of nitrogens with two attached hydrogens (primary N) is 1. The maximum Gasteiger partial charge on any atom is 0.131 e. The van der Waals surface area contributed by atoms with Crippen LogP contribution in [0.3, 0.4) is 0 Å². The van der Waals surface area contributed by atoms with E-state index in [4.69, 9.17) is 15.2 Å². The molecule has 0 heterocycles. The van der Waals surface area contributed by atoms with Crippen molar-refractivity contribution in [2.24, 2.45) is 5.73 Å².